The zero-order valence-electron chi connectivity index (χ0n) is 13.3. The number of aryl methyl sites for hydroxylation is 2. The summed E-state index contributed by atoms with van der Waals surface area (Å²) in [6.07, 6.45) is 0. The lowest BCUT2D eigenvalue weighted by atomic mass is 10.2. The predicted molar refractivity (Wildman–Crippen MR) is 94.5 cm³/mol. The Morgan fingerprint density at radius 3 is 2.32 bits per heavy atom. The molecule has 2 aromatic heterocycles. The summed E-state index contributed by atoms with van der Waals surface area (Å²) < 4.78 is 5.90. The first kappa shape index (κ1) is 16.2. The zero-order valence-corrected chi connectivity index (χ0v) is 14.1. The van der Waals surface area contributed by atoms with E-state index in [1.165, 1.54) is 21.2 Å². The summed E-state index contributed by atoms with van der Waals surface area (Å²) in [5.41, 5.74) is 4.14. The van der Waals surface area contributed by atoms with Crippen molar-refractivity contribution in [2.24, 2.45) is 0 Å². The lowest BCUT2D eigenvalue weighted by molar-refractivity contribution is 0.315. The Kier molecular flexibility index (Phi) is 5.67. The Labute approximate surface area is 134 Å². The monoisotopic (exact) mass is 312 g/mol. The quantitative estimate of drug-likeness (QED) is 0.414. The molecule has 0 unspecified atom stereocenters. The van der Waals surface area contributed by atoms with E-state index in [0.717, 1.165) is 11.0 Å². The van der Waals surface area contributed by atoms with Gasteiger partial charge in [-0.15, -0.1) is 11.3 Å². The van der Waals surface area contributed by atoms with Gasteiger partial charge in [-0.25, -0.2) is 4.63 Å². The van der Waals surface area contributed by atoms with Crippen molar-refractivity contribution in [3.63, 3.8) is 0 Å². The molecule has 4 heteroatoms. The van der Waals surface area contributed by atoms with Crippen LogP contribution >= 0.6 is 11.3 Å². The smallest absolute Gasteiger partial charge is 0.135 e. The minimum atomic E-state index is 0.811. The van der Waals surface area contributed by atoms with Crippen molar-refractivity contribution in [2.75, 3.05) is 0 Å². The molecule has 0 spiro atoms. The number of hydrogen-bond acceptors (Lipinski definition) is 4. The summed E-state index contributed by atoms with van der Waals surface area (Å²) in [7, 11) is 0. The van der Waals surface area contributed by atoms with Gasteiger partial charge in [0.05, 0.1) is 0 Å². The van der Waals surface area contributed by atoms with Gasteiger partial charge >= 0.3 is 0 Å². The summed E-state index contributed by atoms with van der Waals surface area (Å²) in [5, 5.41) is 10.9. The maximum Gasteiger partial charge on any atom is 0.135 e. The van der Waals surface area contributed by atoms with E-state index in [2.05, 4.69) is 51.5 Å². The largest absolute Gasteiger partial charge is 0.243 e. The van der Waals surface area contributed by atoms with E-state index >= 15 is 0 Å². The first-order valence-electron chi connectivity index (χ1n) is 7.35. The van der Waals surface area contributed by atoms with Crippen LogP contribution in [-0.4, -0.2) is 10.3 Å². The van der Waals surface area contributed by atoms with Crippen molar-refractivity contribution in [1.82, 2.24) is 10.3 Å². The molecule has 2 aromatic carbocycles. The normalized spacial score (nSPS) is 9.82. The molecule has 4 aromatic rings. The summed E-state index contributed by atoms with van der Waals surface area (Å²) in [5.74, 6) is 0. The van der Waals surface area contributed by atoms with E-state index < -0.39 is 0 Å². The number of nitrogens with zero attached hydrogens (tertiary/aromatic N) is 2. The van der Waals surface area contributed by atoms with Crippen LogP contribution in [0.3, 0.4) is 0 Å². The van der Waals surface area contributed by atoms with Gasteiger partial charge in [-0.3, -0.25) is 0 Å². The van der Waals surface area contributed by atoms with E-state index in [0.29, 0.717) is 0 Å². The molecule has 0 bridgehead atoms. The molecule has 2 heterocycles. The Morgan fingerprint density at radius 1 is 0.818 bits per heavy atom. The Balaban J connectivity index is 0.000000144. The highest BCUT2D eigenvalue weighted by Gasteiger charge is 1.96. The molecule has 0 N–H and O–H groups in total. The molecule has 22 heavy (non-hydrogen) atoms. The van der Waals surface area contributed by atoms with Crippen molar-refractivity contribution in [1.29, 1.82) is 0 Å². The average Bonchev–Trinajstić information content (AvgIpc) is 3.17. The molecule has 0 amide bonds. The molecule has 0 aliphatic rings. The van der Waals surface area contributed by atoms with Crippen LogP contribution in [0.1, 0.15) is 25.0 Å². The second kappa shape index (κ2) is 7.71. The highest BCUT2D eigenvalue weighted by atomic mass is 32.1. The minimum absolute atomic E-state index is 0.811. The van der Waals surface area contributed by atoms with Gasteiger partial charge in [-0.05, 0) is 64.8 Å². The Morgan fingerprint density at radius 2 is 1.50 bits per heavy atom. The van der Waals surface area contributed by atoms with Gasteiger partial charge in [-0.1, -0.05) is 37.6 Å². The number of aromatic nitrogens is 2. The molecule has 0 fully saturated rings. The highest BCUT2D eigenvalue weighted by Crippen LogP contribution is 2.20. The van der Waals surface area contributed by atoms with Crippen molar-refractivity contribution >= 4 is 32.5 Å². The third kappa shape index (κ3) is 3.92. The van der Waals surface area contributed by atoms with Crippen LogP contribution in [-0.2, 0) is 0 Å². The molecular weight excluding hydrogens is 292 g/mol. The van der Waals surface area contributed by atoms with Crippen molar-refractivity contribution in [3.8, 4) is 0 Å². The first-order valence-corrected chi connectivity index (χ1v) is 8.23. The fourth-order valence-corrected chi connectivity index (χ4v) is 2.75. The van der Waals surface area contributed by atoms with Gasteiger partial charge in [0.25, 0.3) is 0 Å². The first-order chi connectivity index (χ1) is 10.7. The molecule has 0 radical (unpaired) electrons. The van der Waals surface area contributed by atoms with Crippen molar-refractivity contribution in [2.45, 2.75) is 27.7 Å². The van der Waals surface area contributed by atoms with E-state index in [9.17, 15) is 0 Å². The maximum atomic E-state index is 4.52. The number of thiophene rings is 1. The molecule has 0 atom stereocenters. The van der Waals surface area contributed by atoms with Gasteiger partial charge in [0.1, 0.15) is 11.0 Å². The number of fused-ring (bicyclic) bond motifs is 2. The molecule has 0 aliphatic carbocycles. The average molecular weight is 312 g/mol. The highest BCUT2D eigenvalue weighted by molar-refractivity contribution is 7.17. The van der Waals surface area contributed by atoms with E-state index in [4.69, 9.17) is 0 Å². The van der Waals surface area contributed by atoms with Gasteiger partial charge in [0.15, 0.2) is 0 Å². The minimum Gasteiger partial charge on any atom is -0.243 e. The molecule has 0 aliphatic heterocycles. The van der Waals surface area contributed by atoms with Crippen LogP contribution in [0.15, 0.2) is 52.5 Å². The van der Waals surface area contributed by atoms with Gasteiger partial charge < -0.3 is 0 Å². The Hall–Kier alpha value is -2.20. The van der Waals surface area contributed by atoms with Crippen LogP contribution in [0.2, 0.25) is 0 Å². The molecular formula is C18H20N2OS. The van der Waals surface area contributed by atoms with E-state index in [-0.39, 0.29) is 0 Å². The van der Waals surface area contributed by atoms with E-state index in [1.807, 2.05) is 39.0 Å². The van der Waals surface area contributed by atoms with Crippen LogP contribution in [0.25, 0.3) is 21.1 Å². The third-order valence-corrected chi connectivity index (χ3v) is 3.92. The fraction of sp³-hybridized carbons (Fsp3) is 0.222. The lowest BCUT2D eigenvalue weighted by Gasteiger charge is -1.89. The zero-order chi connectivity index (χ0) is 15.9. The molecule has 4 rings (SSSR count). The van der Waals surface area contributed by atoms with Crippen molar-refractivity contribution < 1.29 is 4.63 Å². The van der Waals surface area contributed by atoms with Gasteiger partial charge in [0.2, 0.25) is 0 Å². The number of hydrogen-bond donors (Lipinski definition) is 0. The fourth-order valence-electron chi connectivity index (χ4n) is 1.98. The lowest BCUT2D eigenvalue weighted by Crippen LogP contribution is -1.71. The Bertz CT molecular complexity index is 776. The van der Waals surface area contributed by atoms with Crippen LogP contribution in [0.5, 0.6) is 0 Å². The molecule has 3 nitrogen and oxygen atoms in total. The van der Waals surface area contributed by atoms with Crippen molar-refractivity contribution in [3.05, 3.63) is 59.0 Å². The van der Waals surface area contributed by atoms with Crippen LogP contribution < -0.4 is 0 Å². The van der Waals surface area contributed by atoms with Crippen LogP contribution in [0, 0.1) is 13.8 Å². The summed E-state index contributed by atoms with van der Waals surface area (Å²) in [4.78, 5) is 0. The summed E-state index contributed by atoms with van der Waals surface area (Å²) in [6, 6.07) is 14.5. The predicted octanol–water partition coefficient (Wildman–Crippen LogP) is 5.77. The summed E-state index contributed by atoms with van der Waals surface area (Å²) in [6.45, 7) is 8.13. The maximum absolute atomic E-state index is 4.52. The second-order valence-corrected chi connectivity index (χ2v) is 5.67. The second-order valence-electron chi connectivity index (χ2n) is 4.72. The third-order valence-electron chi connectivity index (χ3n) is 3.02. The van der Waals surface area contributed by atoms with Gasteiger partial charge in [-0.2, -0.15) is 0 Å². The number of benzene rings is 2. The summed E-state index contributed by atoms with van der Waals surface area (Å²) >= 11 is 1.80. The van der Waals surface area contributed by atoms with E-state index in [1.54, 1.807) is 11.3 Å². The molecule has 0 saturated heterocycles. The standard InChI is InChI=1S/C9H8S.C7H6N2O.C2H6/c1-7-2-3-9-8(6-7)4-5-10-9;1-5-2-3-6-7(4-5)9-10-8-6;1-2/h2-6H,1H3;2-4H,1H3;1-2H3. The van der Waals surface area contributed by atoms with Crippen LogP contribution in [0.4, 0.5) is 0 Å². The molecule has 114 valence electrons. The number of rotatable bonds is 0. The topological polar surface area (TPSA) is 38.9 Å². The SMILES string of the molecule is CC.Cc1ccc2nonc2c1.Cc1ccc2sccc2c1. The van der Waals surface area contributed by atoms with Gasteiger partial charge in [0, 0.05) is 4.70 Å². The molecule has 0 saturated carbocycles.